The van der Waals surface area contributed by atoms with Crippen LogP contribution in [0.2, 0.25) is 0 Å². The second-order valence-corrected chi connectivity index (χ2v) is 6.62. The van der Waals surface area contributed by atoms with Gasteiger partial charge in [0.15, 0.2) is 5.75 Å². The zero-order valence-corrected chi connectivity index (χ0v) is 16.0. The Morgan fingerprint density at radius 3 is 2.62 bits per heavy atom. The number of nitrogens with one attached hydrogen (secondary N) is 1. The summed E-state index contributed by atoms with van der Waals surface area (Å²) in [6, 6.07) is 11.2. The number of aromatic nitrogens is 3. The van der Waals surface area contributed by atoms with Crippen LogP contribution in [-0.4, -0.2) is 20.7 Å². The molecule has 0 aliphatic rings. The van der Waals surface area contributed by atoms with Crippen molar-refractivity contribution >= 4 is 27.5 Å². The maximum Gasteiger partial charge on any atom is 0.416 e. The van der Waals surface area contributed by atoms with E-state index in [0.29, 0.717) is 5.75 Å². The van der Waals surface area contributed by atoms with Crippen LogP contribution in [0.4, 0.5) is 18.9 Å². The summed E-state index contributed by atoms with van der Waals surface area (Å²) in [4.78, 5) is 12.3. The second kappa shape index (κ2) is 8.32. The van der Waals surface area contributed by atoms with Gasteiger partial charge in [0.05, 0.1) is 11.3 Å². The predicted octanol–water partition coefficient (Wildman–Crippen LogP) is 4.36. The Kier molecular flexibility index (Phi) is 5.84. The first-order valence-electron chi connectivity index (χ1n) is 7.98. The molecule has 1 amide bonds. The molecule has 0 radical (unpaired) electrons. The summed E-state index contributed by atoms with van der Waals surface area (Å²) in [7, 11) is 0. The van der Waals surface area contributed by atoms with Gasteiger partial charge < -0.3 is 10.1 Å². The molecular weight excluding hydrogens is 455 g/mol. The fourth-order valence-corrected chi connectivity index (χ4v) is 2.59. The molecule has 0 atom stereocenters. The van der Waals surface area contributed by atoms with Crippen LogP contribution in [-0.2, 0) is 17.5 Å². The van der Waals surface area contributed by atoms with E-state index in [1.807, 2.05) is 0 Å². The highest BCUT2D eigenvalue weighted by Crippen LogP contribution is 2.37. The number of alkyl halides is 3. The number of benzene rings is 2. The van der Waals surface area contributed by atoms with Crippen molar-refractivity contribution in [1.29, 1.82) is 5.26 Å². The third-order valence-electron chi connectivity index (χ3n) is 3.65. The Hall–Kier alpha value is -3.39. The third-order valence-corrected chi connectivity index (χ3v) is 4.18. The van der Waals surface area contributed by atoms with Gasteiger partial charge in [-0.2, -0.15) is 18.4 Å². The van der Waals surface area contributed by atoms with Gasteiger partial charge in [0.2, 0.25) is 11.7 Å². The van der Waals surface area contributed by atoms with Gasteiger partial charge in [-0.1, -0.05) is 15.9 Å². The van der Waals surface area contributed by atoms with E-state index in [9.17, 15) is 18.0 Å². The van der Waals surface area contributed by atoms with Crippen molar-refractivity contribution in [1.82, 2.24) is 14.8 Å². The minimum absolute atomic E-state index is 0.0259. The summed E-state index contributed by atoms with van der Waals surface area (Å²) in [5, 5.41) is 18.3. The Morgan fingerprint density at radius 2 is 1.97 bits per heavy atom. The average molecular weight is 466 g/mol. The topological polar surface area (TPSA) is 92.8 Å². The highest BCUT2D eigenvalue weighted by atomic mass is 79.9. The molecule has 29 heavy (non-hydrogen) atoms. The van der Waals surface area contributed by atoms with E-state index in [0.717, 1.165) is 27.2 Å². The van der Waals surface area contributed by atoms with Crippen LogP contribution < -0.4 is 10.1 Å². The lowest BCUT2D eigenvalue weighted by molar-refractivity contribution is -0.137. The smallest absolute Gasteiger partial charge is 0.416 e. The Bertz CT molecular complexity index is 1070. The van der Waals surface area contributed by atoms with E-state index in [4.69, 9.17) is 10.00 Å². The van der Waals surface area contributed by atoms with Crippen LogP contribution in [0, 0.1) is 11.3 Å². The minimum Gasteiger partial charge on any atom is -0.455 e. The lowest BCUT2D eigenvalue weighted by Gasteiger charge is -2.15. The summed E-state index contributed by atoms with van der Waals surface area (Å²) < 4.78 is 46.9. The highest BCUT2D eigenvalue weighted by molar-refractivity contribution is 9.10. The van der Waals surface area contributed by atoms with Crippen LogP contribution in [0.5, 0.6) is 11.5 Å². The molecule has 1 N–H and O–H groups in total. The fraction of sp³-hybridized carbons (Fsp3) is 0.111. The van der Waals surface area contributed by atoms with Gasteiger partial charge in [-0.3, -0.25) is 9.36 Å². The van der Waals surface area contributed by atoms with Crippen molar-refractivity contribution in [3.8, 4) is 17.6 Å². The summed E-state index contributed by atoms with van der Waals surface area (Å²) in [5.74, 6) is -0.385. The van der Waals surface area contributed by atoms with Crippen LogP contribution >= 0.6 is 15.9 Å². The van der Waals surface area contributed by atoms with E-state index < -0.39 is 17.6 Å². The van der Waals surface area contributed by atoms with Crippen LogP contribution in [0.1, 0.15) is 11.4 Å². The Labute approximate surface area is 170 Å². The average Bonchev–Trinajstić information content (AvgIpc) is 3.11. The minimum atomic E-state index is -4.60. The van der Waals surface area contributed by atoms with Crippen molar-refractivity contribution in [2.75, 3.05) is 5.32 Å². The molecule has 0 spiro atoms. The molecule has 3 aromatic rings. The first kappa shape index (κ1) is 20.3. The standard InChI is InChI=1S/C18H11BrF3N5O2/c19-12-2-4-13(5-3-12)29-15-6-1-11(18(20,21)22)7-14(15)25-17(28)9-27-10-24-26-16(27)8-23/h1-7,10H,9H2,(H,25,28). The molecule has 11 heteroatoms. The van der Waals surface area contributed by atoms with Crippen molar-refractivity contribution < 1.29 is 22.7 Å². The number of amides is 1. The van der Waals surface area contributed by atoms with E-state index >= 15 is 0 Å². The van der Waals surface area contributed by atoms with Crippen molar-refractivity contribution in [2.24, 2.45) is 0 Å². The van der Waals surface area contributed by atoms with Crippen molar-refractivity contribution in [2.45, 2.75) is 12.7 Å². The Morgan fingerprint density at radius 1 is 1.24 bits per heavy atom. The van der Waals surface area contributed by atoms with Gasteiger partial charge in [-0.05, 0) is 42.5 Å². The van der Waals surface area contributed by atoms with E-state index in [-0.39, 0.29) is 23.8 Å². The number of anilines is 1. The number of hydrogen-bond acceptors (Lipinski definition) is 5. The zero-order valence-electron chi connectivity index (χ0n) is 14.4. The number of halogens is 4. The molecule has 0 unspecified atom stereocenters. The molecule has 148 valence electrons. The molecule has 0 saturated heterocycles. The first-order valence-corrected chi connectivity index (χ1v) is 8.78. The largest absolute Gasteiger partial charge is 0.455 e. The van der Waals surface area contributed by atoms with Gasteiger partial charge in [0.1, 0.15) is 24.7 Å². The molecule has 0 aliphatic carbocycles. The molecule has 1 aromatic heterocycles. The number of hydrogen-bond donors (Lipinski definition) is 1. The van der Waals surface area contributed by atoms with Crippen molar-refractivity contribution in [3.63, 3.8) is 0 Å². The normalized spacial score (nSPS) is 11.0. The molecule has 1 heterocycles. The summed E-state index contributed by atoms with van der Waals surface area (Å²) in [6.07, 6.45) is -3.43. The van der Waals surface area contributed by atoms with Crippen LogP contribution in [0.3, 0.4) is 0 Å². The maximum absolute atomic E-state index is 13.1. The first-order chi connectivity index (χ1) is 13.8. The van der Waals surface area contributed by atoms with Crippen LogP contribution in [0.15, 0.2) is 53.3 Å². The number of nitriles is 1. The number of rotatable bonds is 5. The van der Waals surface area contributed by atoms with Crippen LogP contribution in [0.25, 0.3) is 0 Å². The lowest BCUT2D eigenvalue weighted by Crippen LogP contribution is -2.20. The molecular formula is C18H11BrF3N5O2. The van der Waals surface area contributed by atoms with Gasteiger partial charge in [-0.25, -0.2) is 0 Å². The number of ether oxygens (including phenoxy) is 1. The molecule has 0 aliphatic heterocycles. The summed E-state index contributed by atoms with van der Waals surface area (Å²) in [5.41, 5.74) is -1.11. The SMILES string of the molecule is N#Cc1nncn1CC(=O)Nc1cc(C(F)(F)F)ccc1Oc1ccc(Br)cc1. The lowest BCUT2D eigenvalue weighted by atomic mass is 10.1. The van der Waals surface area contributed by atoms with E-state index in [2.05, 4.69) is 31.4 Å². The maximum atomic E-state index is 13.1. The van der Waals surface area contributed by atoms with Crippen molar-refractivity contribution in [3.05, 3.63) is 64.7 Å². The highest BCUT2D eigenvalue weighted by Gasteiger charge is 2.31. The number of nitrogens with zero attached hydrogens (tertiary/aromatic N) is 4. The van der Waals surface area contributed by atoms with E-state index in [1.54, 1.807) is 30.3 Å². The Balaban J connectivity index is 1.88. The molecule has 3 rings (SSSR count). The van der Waals surface area contributed by atoms with E-state index in [1.165, 1.54) is 6.33 Å². The summed E-state index contributed by atoms with van der Waals surface area (Å²) >= 11 is 3.28. The quantitative estimate of drug-likeness (QED) is 0.603. The van der Waals surface area contributed by atoms with Gasteiger partial charge in [0.25, 0.3) is 0 Å². The molecule has 0 fully saturated rings. The number of carbonyl (C=O) groups is 1. The van der Waals surface area contributed by atoms with Gasteiger partial charge >= 0.3 is 6.18 Å². The van der Waals surface area contributed by atoms with Gasteiger partial charge in [-0.15, -0.1) is 10.2 Å². The predicted molar refractivity (Wildman–Crippen MR) is 99.0 cm³/mol. The third kappa shape index (κ3) is 5.11. The fourth-order valence-electron chi connectivity index (χ4n) is 2.32. The second-order valence-electron chi connectivity index (χ2n) is 5.71. The monoisotopic (exact) mass is 465 g/mol. The summed E-state index contributed by atoms with van der Waals surface area (Å²) in [6.45, 7) is -0.357. The van der Waals surface area contributed by atoms with Gasteiger partial charge in [0, 0.05) is 4.47 Å². The molecule has 7 nitrogen and oxygen atoms in total. The molecule has 0 bridgehead atoms. The number of carbonyl (C=O) groups excluding carboxylic acids is 1. The molecule has 0 saturated carbocycles. The zero-order chi connectivity index (χ0) is 21.0. The molecule has 2 aromatic carbocycles.